The van der Waals surface area contributed by atoms with Gasteiger partial charge in [-0.15, -0.1) is 0 Å². The number of carbonyl (C=O) groups excluding carboxylic acids is 1. The summed E-state index contributed by atoms with van der Waals surface area (Å²) in [6, 6.07) is 16.0. The highest BCUT2D eigenvalue weighted by molar-refractivity contribution is 5.94. The number of nitrogens with zero attached hydrogens (tertiary/aromatic N) is 2. The third kappa shape index (κ3) is 4.03. The average Bonchev–Trinajstić information content (AvgIpc) is 2.69. The van der Waals surface area contributed by atoms with Gasteiger partial charge in [0.2, 0.25) is 11.9 Å². The van der Waals surface area contributed by atoms with Crippen LogP contribution in [0, 0.1) is 6.92 Å². The topological polar surface area (TPSA) is 66.9 Å². The second-order valence-electron chi connectivity index (χ2n) is 6.55. The second kappa shape index (κ2) is 7.41. The molecular formula is C22H20N4O. The van der Waals surface area contributed by atoms with E-state index in [2.05, 4.69) is 32.7 Å². The van der Waals surface area contributed by atoms with E-state index >= 15 is 0 Å². The summed E-state index contributed by atoms with van der Waals surface area (Å²) in [5.41, 5.74) is 5.93. The molecule has 1 aliphatic rings. The Morgan fingerprint density at radius 1 is 1.07 bits per heavy atom. The van der Waals surface area contributed by atoms with Crippen molar-refractivity contribution in [2.75, 3.05) is 10.6 Å². The van der Waals surface area contributed by atoms with E-state index in [1.807, 2.05) is 61.7 Å². The first-order valence-corrected chi connectivity index (χ1v) is 8.94. The molecule has 1 amide bonds. The minimum Gasteiger partial charge on any atom is -0.326 e. The predicted molar refractivity (Wildman–Crippen MR) is 109 cm³/mol. The van der Waals surface area contributed by atoms with Gasteiger partial charge in [-0.1, -0.05) is 36.4 Å². The molecule has 0 atom stereocenters. The molecule has 5 nitrogen and oxygen atoms in total. The molecule has 0 saturated carbocycles. The maximum absolute atomic E-state index is 11.5. The van der Waals surface area contributed by atoms with Crippen LogP contribution >= 0.6 is 0 Å². The summed E-state index contributed by atoms with van der Waals surface area (Å²) < 4.78 is 0. The highest BCUT2D eigenvalue weighted by Gasteiger charge is 2.15. The number of fused-ring (bicyclic) bond motifs is 1. The Morgan fingerprint density at radius 3 is 2.78 bits per heavy atom. The lowest BCUT2D eigenvalue weighted by Crippen LogP contribution is -2.18. The minimum atomic E-state index is 0.0694. The van der Waals surface area contributed by atoms with Crippen molar-refractivity contribution in [1.29, 1.82) is 0 Å². The molecule has 2 N–H and O–H groups in total. The fraction of sp³-hybridized carbons (Fsp3) is 0.136. The largest absolute Gasteiger partial charge is 0.326 e. The van der Waals surface area contributed by atoms with E-state index in [-0.39, 0.29) is 5.91 Å². The van der Waals surface area contributed by atoms with Crippen molar-refractivity contribution in [1.82, 2.24) is 9.97 Å². The van der Waals surface area contributed by atoms with E-state index in [0.717, 1.165) is 40.2 Å². The highest BCUT2D eigenvalue weighted by atomic mass is 16.1. The molecule has 2 aromatic carbocycles. The molecule has 0 radical (unpaired) electrons. The zero-order valence-electron chi connectivity index (χ0n) is 15.1. The van der Waals surface area contributed by atoms with Crippen molar-refractivity contribution in [2.45, 2.75) is 19.8 Å². The van der Waals surface area contributed by atoms with Crippen LogP contribution < -0.4 is 10.6 Å². The van der Waals surface area contributed by atoms with E-state index in [1.165, 1.54) is 0 Å². The molecule has 1 aliphatic heterocycles. The van der Waals surface area contributed by atoms with Gasteiger partial charge in [0, 0.05) is 24.0 Å². The number of anilines is 3. The first-order chi connectivity index (χ1) is 13.2. The van der Waals surface area contributed by atoms with Crippen LogP contribution in [0.15, 0.2) is 54.7 Å². The van der Waals surface area contributed by atoms with Crippen molar-refractivity contribution < 1.29 is 4.79 Å². The van der Waals surface area contributed by atoms with Gasteiger partial charge in [0.15, 0.2) is 0 Å². The fourth-order valence-electron chi connectivity index (χ4n) is 3.01. The van der Waals surface area contributed by atoms with Gasteiger partial charge in [0.05, 0.1) is 5.69 Å². The number of hydrogen-bond acceptors (Lipinski definition) is 4. The van der Waals surface area contributed by atoms with Crippen LogP contribution in [0.5, 0.6) is 0 Å². The molecule has 4 rings (SSSR count). The summed E-state index contributed by atoms with van der Waals surface area (Å²) in [7, 11) is 0. The van der Waals surface area contributed by atoms with E-state index in [4.69, 9.17) is 0 Å². The molecule has 0 unspecified atom stereocenters. The van der Waals surface area contributed by atoms with Crippen LogP contribution in [0.1, 0.15) is 28.8 Å². The first kappa shape index (κ1) is 17.0. The van der Waals surface area contributed by atoms with E-state index in [9.17, 15) is 4.79 Å². The number of aryl methyl sites for hydroxylation is 2. The Balaban J connectivity index is 1.55. The number of benzene rings is 2. The van der Waals surface area contributed by atoms with Gasteiger partial charge in [-0.25, -0.2) is 9.97 Å². The van der Waals surface area contributed by atoms with Crippen molar-refractivity contribution in [3.05, 3.63) is 77.1 Å². The number of nitrogens with one attached hydrogen (secondary N) is 2. The maximum Gasteiger partial charge on any atom is 0.227 e. The van der Waals surface area contributed by atoms with Gasteiger partial charge < -0.3 is 10.6 Å². The van der Waals surface area contributed by atoms with Crippen molar-refractivity contribution >= 4 is 35.4 Å². The molecule has 3 aromatic rings. The van der Waals surface area contributed by atoms with Crippen molar-refractivity contribution in [3.8, 4) is 0 Å². The van der Waals surface area contributed by atoms with E-state index in [1.54, 1.807) is 0 Å². The molecule has 1 aromatic heterocycles. The standard InChI is InChI=1S/C22H20N4O/c1-15-14-23-22(26-19(15)10-7-16-5-3-2-4-6-16)24-18-9-11-20-17(13-18)8-12-21(27)25-20/h2-7,9-11,13-14H,8,12H2,1H3,(H,25,27)(H,23,24,26)/b10-7+. The Bertz CT molecular complexity index is 1010. The van der Waals surface area contributed by atoms with Crippen molar-refractivity contribution in [2.24, 2.45) is 0 Å². The number of carbonyl (C=O) groups is 1. The maximum atomic E-state index is 11.5. The normalized spacial score (nSPS) is 13.3. The fourth-order valence-corrected chi connectivity index (χ4v) is 3.01. The van der Waals surface area contributed by atoms with Gasteiger partial charge in [0.1, 0.15) is 0 Å². The number of rotatable bonds is 4. The first-order valence-electron chi connectivity index (χ1n) is 8.94. The summed E-state index contributed by atoms with van der Waals surface area (Å²) in [6.07, 6.45) is 7.13. The summed E-state index contributed by atoms with van der Waals surface area (Å²) in [5.74, 6) is 0.619. The molecule has 0 fully saturated rings. The third-order valence-electron chi connectivity index (χ3n) is 4.50. The molecule has 0 saturated heterocycles. The zero-order chi connectivity index (χ0) is 18.6. The van der Waals surface area contributed by atoms with Crippen LogP contribution in [-0.2, 0) is 11.2 Å². The Labute approximate surface area is 158 Å². The molecule has 0 bridgehead atoms. The lowest BCUT2D eigenvalue weighted by molar-refractivity contribution is -0.116. The third-order valence-corrected chi connectivity index (χ3v) is 4.50. The van der Waals surface area contributed by atoms with E-state index < -0.39 is 0 Å². The van der Waals surface area contributed by atoms with Gasteiger partial charge in [-0.3, -0.25) is 4.79 Å². The van der Waals surface area contributed by atoms with Crippen LogP contribution in [0.25, 0.3) is 12.2 Å². The summed E-state index contributed by atoms with van der Waals surface area (Å²) >= 11 is 0. The highest BCUT2D eigenvalue weighted by Crippen LogP contribution is 2.27. The number of amides is 1. The van der Waals surface area contributed by atoms with Crippen LogP contribution in [-0.4, -0.2) is 15.9 Å². The van der Waals surface area contributed by atoms with Gasteiger partial charge in [-0.05, 0) is 54.3 Å². The zero-order valence-corrected chi connectivity index (χ0v) is 15.1. The lowest BCUT2D eigenvalue weighted by atomic mass is 10.0. The van der Waals surface area contributed by atoms with Crippen LogP contribution in [0.2, 0.25) is 0 Å². The van der Waals surface area contributed by atoms with Crippen LogP contribution in [0.4, 0.5) is 17.3 Å². The summed E-state index contributed by atoms with van der Waals surface area (Å²) in [6.45, 7) is 2.00. The quantitative estimate of drug-likeness (QED) is 0.718. The lowest BCUT2D eigenvalue weighted by Gasteiger charge is -2.17. The molecule has 2 heterocycles. The van der Waals surface area contributed by atoms with Gasteiger partial charge >= 0.3 is 0 Å². The number of hydrogen-bond donors (Lipinski definition) is 2. The average molecular weight is 356 g/mol. The smallest absolute Gasteiger partial charge is 0.227 e. The Hall–Kier alpha value is -3.47. The van der Waals surface area contributed by atoms with Gasteiger partial charge in [0.25, 0.3) is 0 Å². The molecular weight excluding hydrogens is 336 g/mol. The molecule has 5 heteroatoms. The second-order valence-corrected chi connectivity index (χ2v) is 6.55. The molecule has 0 spiro atoms. The molecule has 0 aliphatic carbocycles. The molecule has 27 heavy (non-hydrogen) atoms. The predicted octanol–water partition coefficient (Wildman–Crippen LogP) is 4.58. The van der Waals surface area contributed by atoms with E-state index in [0.29, 0.717) is 12.4 Å². The SMILES string of the molecule is Cc1cnc(Nc2ccc3c(c2)CCC(=O)N3)nc1/C=C/c1ccccc1. The van der Waals surface area contributed by atoms with Crippen molar-refractivity contribution in [3.63, 3.8) is 0 Å². The Morgan fingerprint density at radius 2 is 1.93 bits per heavy atom. The monoisotopic (exact) mass is 356 g/mol. The van der Waals surface area contributed by atoms with Crippen LogP contribution in [0.3, 0.4) is 0 Å². The molecule has 134 valence electrons. The minimum absolute atomic E-state index is 0.0694. The summed E-state index contributed by atoms with van der Waals surface area (Å²) in [5, 5.41) is 6.15. The Kier molecular flexibility index (Phi) is 4.66. The number of aromatic nitrogens is 2. The van der Waals surface area contributed by atoms with Gasteiger partial charge in [-0.2, -0.15) is 0 Å². The summed E-state index contributed by atoms with van der Waals surface area (Å²) in [4.78, 5) is 20.5.